The van der Waals surface area contributed by atoms with E-state index in [2.05, 4.69) is 44.8 Å². The average Bonchev–Trinajstić information content (AvgIpc) is 3.15. The zero-order chi connectivity index (χ0) is 19.9. The van der Waals surface area contributed by atoms with Crippen LogP contribution in [0, 0.1) is 13.0 Å². The van der Waals surface area contributed by atoms with E-state index in [-0.39, 0.29) is 21.7 Å². The largest absolute Gasteiger partial charge is 0.464 e. The topological polar surface area (TPSA) is 9.23 Å². The first-order valence-electron chi connectivity index (χ1n) is 9.04. The molecule has 1 nitrogen and oxygen atoms in total. The van der Waals surface area contributed by atoms with Crippen molar-refractivity contribution in [3.05, 3.63) is 108 Å². The van der Waals surface area contributed by atoms with E-state index in [1.807, 2.05) is 61.5 Å². The number of aryl methyl sites for hydroxylation is 1. The summed E-state index contributed by atoms with van der Waals surface area (Å²) >= 11 is 0. The van der Waals surface area contributed by atoms with E-state index >= 15 is 0 Å². The van der Waals surface area contributed by atoms with Gasteiger partial charge in [-0.1, -0.05) is 75.1 Å². The molecule has 0 N–H and O–H groups in total. The fourth-order valence-corrected chi connectivity index (χ4v) is 2.20. The van der Waals surface area contributed by atoms with Crippen molar-refractivity contribution >= 4 is 15.1 Å². The Balaban J connectivity index is 0.000000608. The third kappa shape index (κ3) is 11.1. The normalized spacial score (nSPS) is 11.7. The second kappa shape index (κ2) is 16.1. The van der Waals surface area contributed by atoms with Gasteiger partial charge in [0.1, 0.15) is 5.75 Å². The van der Waals surface area contributed by atoms with E-state index in [4.69, 9.17) is 4.74 Å². The summed E-state index contributed by atoms with van der Waals surface area (Å²) in [6.07, 6.45) is 11.9. The zero-order valence-corrected chi connectivity index (χ0v) is 19.9. The summed E-state index contributed by atoms with van der Waals surface area (Å²) in [5.41, 5.74) is 4.52. The fraction of sp³-hybridized carbons (Fsp3) is 0.200. The van der Waals surface area contributed by atoms with Crippen molar-refractivity contribution < 1.29 is 26.5 Å². The minimum atomic E-state index is 0. The van der Waals surface area contributed by atoms with Gasteiger partial charge in [0.05, 0.1) is 6.26 Å². The van der Waals surface area contributed by atoms with Crippen molar-refractivity contribution in [2.24, 2.45) is 0 Å². The molecule has 0 fully saturated rings. The molecule has 2 aromatic rings. The molecule has 3 rings (SSSR count). The van der Waals surface area contributed by atoms with Crippen LogP contribution in [0.25, 0.3) is 5.57 Å². The van der Waals surface area contributed by atoms with Crippen LogP contribution in [0.4, 0.5) is 0 Å². The molecule has 0 spiro atoms. The third-order valence-corrected chi connectivity index (χ3v) is 3.51. The summed E-state index contributed by atoms with van der Waals surface area (Å²) in [7, 11) is 1.08. The number of hydrogen-bond acceptors (Lipinski definition) is 1. The summed E-state index contributed by atoms with van der Waals surface area (Å²) in [5, 5.41) is 0. The van der Waals surface area contributed by atoms with Gasteiger partial charge in [0.2, 0.25) is 0 Å². The molecule has 0 aliphatic heterocycles. The van der Waals surface area contributed by atoms with E-state index < -0.39 is 0 Å². The minimum Gasteiger partial charge on any atom is -0.464 e. The van der Waals surface area contributed by atoms with Crippen molar-refractivity contribution in [1.82, 2.24) is 0 Å². The fourth-order valence-electron chi connectivity index (χ4n) is 2.20. The summed E-state index contributed by atoms with van der Waals surface area (Å²) in [4.78, 5) is 0. The number of hydrogen-bond donors (Lipinski definition) is 0. The van der Waals surface area contributed by atoms with Crippen molar-refractivity contribution in [2.45, 2.75) is 33.4 Å². The van der Waals surface area contributed by atoms with E-state index in [0.29, 0.717) is 0 Å². The van der Waals surface area contributed by atoms with Gasteiger partial charge >= 0.3 is 0 Å². The Morgan fingerprint density at radius 1 is 1.07 bits per heavy atom. The van der Waals surface area contributed by atoms with Crippen LogP contribution >= 0.6 is 0 Å². The van der Waals surface area contributed by atoms with Crippen LogP contribution in [0.1, 0.15) is 24.5 Å². The van der Waals surface area contributed by atoms with Crippen LogP contribution in [0.15, 0.2) is 91.2 Å². The van der Waals surface area contributed by atoms with Crippen LogP contribution in [0.5, 0.6) is 5.75 Å². The molecule has 2 aromatic carbocycles. The van der Waals surface area contributed by atoms with Gasteiger partial charge in [-0.25, -0.2) is 11.6 Å². The third-order valence-electron chi connectivity index (χ3n) is 3.51. The number of allylic oxidation sites excluding steroid dienone is 6. The molecule has 2 radical (unpaired) electrons. The smallest absolute Gasteiger partial charge is 0.126 e. The van der Waals surface area contributed by atoms with Crippen molar-refractivity contribution in [3.8, 4) is 5.75 Å². The monoisotopic (exact) mass is 421 g/mol. The maximum Gasteiger partial charge on any atom is 0.126 e. The Bertz CT molecular complexity index is 773. The molecule has 0 atom stereocenters. The van der Waals surface area contributed by atoms with Gasteiger partial charge in [-0.05, 0) is 30.2 Å². The Kier molecular flexibility index (Phi) is 15.0. The maximum atomic E-state index is 5.66. The molecule has 0 saturated heterocycles. The van der Waals surface area contributed by atoms with Crippen molar-refractivity contribution in [2.75, 3.05) is 0 Å². The van der Waals surface area contributed by atoms with E-state index in [1.54, 1.807) is 12.3 Å². The molecule has 0 amide bonds. The molecule has 28 heavy (non-hydrogen) atoms. The maximum absolute atomic E-state index is 5.66. The zero-order valence-electron chi connectivity index (χ0n) is 17.3. The molecule has 144 valence electrons. The predicted octanol–water partition coefficient (Wildman–Crippen LogP) is 7.08. The Morgan fingerprint density at radius 3 is 2.21 bits per heavy atom. The minimum absolute atomic E-state index is 0. The van der Waals surface area contributed by atoms with E-state index in [1.165, 1.54) is 11.1 Å². The van der Waals surface area contributed by atoms with Gasteiger partial charge in [0.15, 0.2) is 0 Å². The second-order valence-corrected chi connectivity index (χ2v) is 7.04. The first-order chi connectivity index (χ1) is 13.1. The summed E-state index contributed by atoms with van der Waals surface area (Å²) in [6.45, 7) is 12.2. The number of benzene rings is 2. The van der Waals surface area contributed by atoms with Crippen LogP contribution < -0.4 is 4.74 Å². The van der Waals surface area contributed by atoms with Gasteiger partial charge in [0, 0.05) is 36.8 Å². The summed E-state index contributed by atoms with van der Waals surface area (Å²) < 4.78 is 5.66. The summed E-state index contributed by atoms with van der Waals surface area (Å²) in [6, 6.07) is 18.0. The molecule has 0 heterocycles. The predicted molar refractivity (Wildman–Crippen MR) is 120 cm³/mol. The SMILES string of the molecule is C=CC(=COc1cccc(C)c1)c1ccccc1.CC1=[C-]CC=C1.C[Si]C.[Ti]. The van der Waals surface area contributed by atoms with Gasteiger partial charge in [-0.2, -0.15) is 6.08 Å². The van der Waals surface area contributed by atoms with Crippen molar-refractivity contribution in [3.63, 3.8) is 0 Å². The van der Waals surface area contributed by atoms with Crippen LogP contribution in [0.3, 0.4) is 0 Å². The molecular formula is C25H29OSiTi-. The van der Waals surface area contributed by atoms with Crippen LogP contribution in [-0.2, 0) is 21.7 Å². The molecule has 1 aliphatic rings. The van der Waals surface area contributed by atoms with Crippen LogP contribution in [-0.4, -0.2) is 9.52 Å². The first kappa shape index (κ1) is 26.1. The van der Waals surface area contributed by atoms with Gasteiger partial charge < -0.3 is 4.74 Å². The van der Waals surface area contributed by atoms with Gasteiger partial charge in [0.25, 0.3) is 0 Å². The molecule has 0 unspecified atom stereocenters. The Morgan fingerprint density at radius 2 is 1.75 bits per heavy atom. The van der Waals surface area contributed by atoms with E-state index in [0.717, 1.165) is 32.8 Å². The first-order valence-corrected chi connectivity index (χ1v) is 11.0. The molecule has 0 aromatic heterocycles. The van der Waals surface area contributed by atoms with Gasteiger partial charge in [-0.15, -0.1) is 6.42 Å². The molecule has 3 heteroatoms. The van der Waals surface area contributed by atoms with E-state index in [9.17, 15) is 0 Å². The molecule has 0 bridgehead atoms. The van der Waals surface area contributed by atoms with Crippen molar-refractivity contribution in [1.29, 1.82) is 0 Å². The molecule has 0 saturated carbocycles. The number of ether oxygens (including phenoxy) is 1. The Labute approximate surface area is 188 Å². The van der Waals surface area contributed by atoms with Crippen LogP contribution in [0.2, 0.25) is 13.1 Å². The quantitative estimate of drug-likeness (QED) is 0.222. The molecule has 1 aliphatic carbocycles. The standard InChI is InChI=1S/C17H16O.C6H7.C2H6Si.Ti/c1-3-15(16-9-5-4-6-10-16)13-18-17-11-7-8-14(2)12-17;1-6-4-2-3-5-6;1-3-2;/h3-13H,1H2,2H3;2,4H,3H2,1H3;1-2H3;/q;-1;;. The molecular weight excluding hydrogens is 392 g/mol. The number of rotatable bonds is 4. The van der Waals surface area contributed by atoms with Gasteiger partial charge in [-0.3, -0.25) is 6.08 Å². The summed E-state index contributed by atoms with van der Waals surface area (Å²) in [5.74, 6) is 0.838. The second-order valence-electron chi connectivity index (χ2n) is 6.04. The average molecular weight is 421 g/mol. The Hall–Kier alpha value is -1.87.